The first-order chi connectivity index (χ1) is 10.3. The Kier molecular flexibility index (Phi) is 4.84. The van der Waals surface area contributed by atoms with E-state index >= 15 is 0 Å². The minimum atomic E-state index is 0.826. The third-order valence-corrected chi connectivity index (χ3v) is 5.16. The van der Waals surface area contributed by atoms with Gasteiger partial charge in [0.15, 0.2) is 5.65 Å². The van der Waals surface area contributed by atoms with Crippen molar-refractivity contribution in [3.63, 3.8) is 0 Å². The zero-order valence-electron chi connectivity index (χ0n) is 13.1. The van der Waals surface area contributed by atoms with Crippen molar-refractivity contribution in [1.29, 1.82) is 0 Å². The number of aromatic nitrogens is 3. The number of rotatable bonds is 5. The van der Waals surface area contributed by atoms with Crippen LogP contribution in [0, 0.1) is 5.92 Å². The first-order valence-corrected chi connectivity index (χ1v) is 9.43. The second kappa shape index (κ2) is 6.82. The summed E-state index contributed by atoms with van der Waals surface area (Å²) in [5.74, 6) is 0.826. The fraction of sp³-hybridized carbons (Fsp3) is 0.647. The van der Waals surface area contributed by atoms with Gasteiger partial charge in [0.2, 0.25) is 0 Å². The lowest BCUT2D eigenvalue weighted by Crippen LogP contribution is -2.16. The summed E-state index contributed by atoms with van der Waals surface area (Å²) >= 11 is 1.66. The van der Waals surface area contributed by atoms with Crippen LogP contribution in [0.25, 0.3) is 11.2 Å². The van der Waals surface area contributed by atoms with Gasteiger partial charge >= 0.3 is 0 Å². The van der Waals surface area contributed by atoms with Crippen molar-refractivity contribution in [3.05, 3.63) is 18.0 Å². The van der Waals surface area contributed by atoms with Crippen LogP contribution in [0.3, 0.4) is 0 Å². The summed E-state index contributed by atoms with van der Waals surface area (Å²) in [5, 5.41) is 1.01. The Hall–Kier alpha value is -1.03. The Morgan fingerprint density at radius 3 is 2.81 bits per heavy atom. The van der Waals surface area contributed by atoms with Gasteiger partial charge in [0.25, 0.3) is 0 Å². The van der Waals surface area contributed by atoms with E-state index in [-0.39, 0.29) is 0 Å². The lowest BCUT2D eigenvalue weighted by atomic mass is 9.89. The molecule has 1 saturated carbocycles. The van der Waals surface area contributed by atoms with E-state index in [0.717, 1.165) is 35.1 Å². The smallest absolute Gasteiger partial charge is 0.158 e. The van der Waals surface area contributed by atoms with E-state index in [0.29, 0.717) is 0 Å². The molecule has 3 nitrogen and oxygen atoms in total. The van der Waals surface area contributed by atoms with Crippen molar-refractivity contribution in [3.8, 4) is 0 Å². The number of hydrogen-bond acceptors (Lipinski definition) is 3. The van der Waals surface area contributed by atoms with E-state index in [1.54, 1.807) is 11.8 Å². The summed E-state index contributed by atoms with van der Waals surface area (Å²) < 4.78 is 2.45. The highest BCUT2D eigenvalue weighted by atomic mass is 32.2. The van der Waals surface area contributed by atoms with Gasteiger partial charge in [0.05, 0.1) is 6.20 Å². The van der Waals surface area contributed by atoms with Crippen LogP contribution in [-0.2, 0) is 13.0 Å². The highest BCUT2D eigenvalue weighted by Gasteiger charge is 2.18. The summed E-state index contributed by atoms with van der Waals surface area (Å²) in [7, 11) is 0. The van der Waals surface area contributed by atoms with Crippen molar-refractivity contribution < 1.29 is 0 Å². The minimum Gasteiger partial charge on any atom is -0.328 e. The van der Waals surface area contributed by atoms with E-state index in [1.165, 1.54) is 44.2 Å². The van der Waals surface area contributed by atoms with E-state index < -0.39 is 0 Å². The number of hydrogen-bond donors (Lipinski definition) is 0. The van der Waals surface area contributed by atoms with Crippen LogP contribution in [0.1, 0.15) is 51.1 Å². The Balaban J connectivity index is 1.94. The molecule has 0 radical (unpaired) electrons. The molecular formula is C17H25N3S. The summed E-state index contributed by atoms with van der Waals surface area (Å²) in [6.07, 6.45) is 13.2. The molecule has 1 aliphatic rings. The van der Waals surface area contributed by atoms with Crippen LogP contribution in [0.15, 0.2) is 17.3 Å². The van der Waals surface area contributed by atoms with Gasteiger partial charge < -0.3 is 4.57 Å². The van der Waals surface area contributed by atoms with Gasteiger partial charge in [-0.05, 0) is 37.5 Å². The maximum Gasteiger partial charge on any atom is 0.158 e. The number of aryl methyl sites for hydroxylation is 1. The Morgan fingerprint density at radius 1 is 1.29 bits per heavy atom. The highest BCUT2D eigenvalue weighted by molar-refractivity contribution is 7.98. The molecule has 21 heavy (non-hydrogen) atoms. The third-order valence-electron chi connectivity index (χ3n) is 4.54. The second-order valence-corrected chi connectivity index (χ2v) is 6.95. The molecule has 0 saturated heterocycles. The van der Waals surface area contributed by atoms with E-state index in [9.17, 15) is 0 Å². The Morgan fingerprint density at radius 2 is 2.10 bits per heavy atom. The molecule has 0 unspecified atom stereocenters. The summed E-state index contributed by atoms with van der Waals surface area (Å²) in [6, 6.07) is 2.26. The molecule has 0 amide bonds. The standard InChI is InChI=1S/C17H25N3S/c1-3-7-14-10-15-17(18-11-16(19-15)21-2)20(14)12-13-8-5-4-6-9-13/h10-11,13H,3-9,12H2,1-2H3. The van der Waals surface area contributed by atoms with Crippen molar-refractivity contribution in [2.45, 2.75) is 63.4 Å². The second-order valence-electron chi connectivity index (χ2n) is 6.12. The van der Waals surface area contributed by atoms with Crippen molar-refractivity contribution >= 4 is 22.9 Å². The van der Waals surface area contributed by atoms with Crippen molar-refractivity contribution in [2.75, 3.05) is 6.26 Å². The quantitative estimate of drug-likeness (QED) is 0.751. The van der Waals surface area contributed by atoms with Crippen LogP contribution in [-0.4, -0.2) is 20.8 Å². The van der Waals surface area contributed by atoms with E-state index in [1.807, 2.05) is 6.20 Å². The molecule has 0 atom stereocenters. The fourth-order valence-electron chi connectivity index (χ4n) is 3.45. The first kappa shape index (κ1) is 14.9. The van der Waals surface area contributed by atoms with Gasteiger partial charge in [-0.15, -0.1) is 11.8 Å². The Bertz CT molecular complexity index is 599. The number of fused-ring (bicyclic) bond motifs is 1. The van der Waals surface area contributed by atoms with Gasteiger partial charge in [0.1, 0.15) is 10.5 Å². The topological polar surface area (TPSA) is 30.7 Å². The maximum absolute atomic E-state index is 4.73. The fourth-order valence-corrected chi connectivity index (χ4v) is 3.80. The summed E-state index contributed by atoms with van der Waals surface area (Å²) in [4.78, 5) is 9.43. The van der Waals surface area contributed by atoms with Crippen molar-refractivity contribution in [1.82, 2.24) is 14.5 Å². The SMILES string of the molecule is CCCc1cc2nc(SC)cnc2n1CC1CCCCC1. The van der Waals surface area contributed by atoms with Gasteiger partial charge in [0, 0.05) is 12.2 Å². The molecule has 0 aliphatic heterocycles. The van der Waals surface area contributed by atoms with Crippen LogP contribution < -0.4 is 0 Å². The molecular weight excluding hydrogens is 278 g/mol. The van der Waals surface area contributed by atoms with Gasteiger partial charge in [-0.25, -0.2) is 9.97 Å². The average molecular weight is 303 g/mol. The molecule has 0 spiro atoms. The average Bonchev–Trinajstić information content (AvgIpc) is 2.85. The normalized spacial score (nSPS) is 16.7. The monoisotopic (exact) mass is 303 g/mol. The molecule has 2 heterocycles. The molecule has 1 aliphatic carbocycles. The molecule has 0 aromatic carbocycles. The predicted octanol–water partition coefficient (Wildman–Crippen LogP) is 4.69. The number of thioether (sulfide) groups is 1. The lowest BCUT2D eigenvalue weighted by molar-refractivity contribution is 0.319. The summed E-state index contributed by atoms with van der Waals surface area (Å²) in [6.45, 7) is 3.38. The number of nitrogens with zero attached hydrogens (tertiary/aromatic N) is 3. The van der Waals surface area contributed by atoms with E-state index in [4.69, 9.17) is 9.97 Å². The molecule has 0 N–H and O–H groups in total. The van der Waals surface area contributed by atoms with Crippen LogP contribution >= 0.6 is 11.8 Å². The maximum atomic E-state index is 4.73. The largest absolute Gasteiger partial charge is 0.328 e. The van der Waals surface area contributed by atoms with Crippen LogP contribution in [0.5, 0.6) is 0 Å². The highest BCUT2D eigenvalue weighted by Crippen LogP contribution is 2.28. The molecule has 114 valence electrons. The lowest BCUT2D eigenvalue weighted by Gasteiger charge is -2.23. The van der Waals surface area contributed by atoms with E-state index in [2.05, 4.69) is 23.8 Å². The summed E-state index contributed by atoms with van der Waals surface area (Å²) in [5.41, 5.74) is 3.57. The first-order valence-electron chi connectivity index (χ1n) is 8.21. The zero-order chi connectivity index (χ0) is 14.7. The van der Waals surface area contributed by atoms with Gasteiger partial charge in [-0.1, -0.05) is 32.6 Å². The molecule has 1 fully saturated rings. The van der Waals surface area contributed by atoms with Crippen LogP contribution in [0.2, 0.25) is 0 Å². The predicted molar refractivity (Wildman–Crippen MR) is 89.9 cm³/mol. The van der Waals surface area contributed by atoms with Gasteiger partial charge in [-0.3, -0.25) is 0 Å². The third kappa shape index (κ3) is 3.25. The van der Waals surface area contributed by atoms with Gasteiger partial charge in [-0.2, -0.15) is 0 Å². The van der Waals surface area contributed by atoms with Crippen LogP contribution in [0.4, 0.5) is 0 Å². The zero-order valence-corrected chi connectivity index (χ0v) is 14.0. The molecule has 0 bridgehead atoms. The Labute approximate surface area is 131 Å². The molecule has 2 aromatic rings. The molecule has 3 rings (SSSR count). The molecule has 2 aromatic heterocycles. The minimum absolute atomic E-state index is 0.826. The van der Waals surface area contributed by atoms with Crippen molar-refractivity contribution in [2.24, 2.45) is 5.92 Å². The molecule has 4 heteroatoms.